The Morgan fingerprint density at radius 1 is 1.62 bits per heavy atom. The van der Waals surface area contributed by atoms with Gasteiger partial charge in [0.1, 0.15) is 0 Å². The van der Waals surface area contributed by atoms with E-state index in [0.29, 0.717) is 5.56 Å². The lowest BCUT2D eigenvalue weighted by Gasteiger charge is -2.15. The van der Waals surface area contributed by atoms with Gasteiger partial charge in [-0.1, -0.05) is 6.92 Å². The van der Waals surface area contributed by atoms with Crippen molar-refractivity contribution in [2.24, 2.45) is 0 Å². The highest BCUT2D eigenvalue weighted by Crippen LogP contribution is 2.01. The lowest BCUT2D eigenvalue weighted by Crippen LogP contribution is -2.27. The monoisotopic (exact) mass is 178 g/mol. The zero-order valence-electron chi connectivity index (χ0n) is 8.03. The molecular formula is C10H14N2O. The summed E-state index contributed by atoms with van der Waals surface area (Å²) in [5, 5.41) is 0. The van der Waals surface area contributed by atoms with Crippen molar-refractivity contribution in [3.8, 4) is 0 Å². The van der Waals surface area contributed by atoms with Gasteiger partial charge in [0, 0.05) is 26.0 Å². The van der Waals surface area contributed by atoms with E-state index in [1.807, 2.05) is 6.92 Å². The molecule has 0 aliphatic heterocycles. The second-order valence-corrected chi connectivity index (χ2v) is 2.97. The predicted molar refractivity (Wildman–Crippen MR) is 51.5 cm³/mol. The largest absolute Gasteiger partial charge is 0.342 e. The fourth-order valence-corrected chi connectivity index (χ4v) is 1.15. The molecule has 0 radical (unpaired) electrons. The van der Waals surface area contributed by atoms with Gasteiger partial charge < -0.3 is 4.90 Å². The molecule has 3 heteroatoms. The molecule has 0 fully saturated rings. The van der Waals surface area contributed by atoms with Crippen molar-refractivity contribution in [1.29, 1.82) is 0 Å². The first kappa shape index (κ1) is 9.71. The van der Waals surface area contributed by atoms with E-state index in [-0.39, 0.29) is 5.91 Å². The third kappa shape index (κ3) is 2.54. The zero-order valence-corrected chi connectivity index (χ0v) is 8.03. The normalized spacial score (nSPS) is 9.69. The van der Waals surface area contributed by atoms with Gasteiger partial charge in [-0.05, 0) is 18.6 Å². The summed E-state index contributed by atoms with van der Waals surface area (Å²) >= 11 is 0. The molecule has 0 N–H and O–H groups in total. The minimum absolute atomic E-state index is 0.0370. The summed E-state index contributed by atoms with van der Waals surface area (Å²) in [4.78, 5) is 17.2. The molecule has 1 aromatic heterocycles. The van der Waals surface area contributed by atoms with Crippen LogP contribution in [0.3, 0.4) is 0 Å². The summed E-state index contributed by atoms with van der Waals surface area (Å²) in [6.45, 7) is 2.83. The summed E-state index contributed by atoms with van der Waals surface area (Å²) in [6.07, 6.45) is 4.23. The number of carbonyl (C=O) groups excluding carboxylic acids is 1. The summed E-state index contributed by atoms with van der Waals surface area (Å²) in [5.41, 5.74) is 0.651. The molecule has 0 aromatic carbocycles. The van der Waals surface area contributed by atoms with E-state index in [2.05, 4.69) is 4.98 Å². The van der Waals surface area contributed by atoms with Crippen LogP contribution < -0.4 is 0 Å². The molecule has 1 aromatic rings. The average molecular weight is 178 g/mol. The van der Waals surface area contributed by atoms with Crippen LogP contribution in [0.4, 0.5) is 0 Å². The van der Waals surface area contributed by atoms with E-state index in [1.54, 1.807) is 36.5 Å². The SMILES string of the molecule is CCCN(C)C(=O)c1cccnc1. The Labute approximate surface area is 78.4 Å². The number of nitrogens with zero attached hydrogens (tertiary/aromatic N) is 2. The van der Waals surface area contributed by atoms with Gasteiger partial charge in [-0.25, -0.2) is 0 Å². The summed E-state index contributed by atoms with van der Waals surface area (Å²) < 4.78 is 0. The number of amides is 1. The third-order valence-electron chi connectivity index (χ3n) is 1.81. The highest BCUT2D eigenvalue weighted by Gasteiger charge is 2.09. The number of pyridine rings is 1. The lowest BCUT2D eigenvalue weighted by molar-refractivity contribution is 0.0794. The van der Waals surface area contributed by atoms with Crippen molar-refractivity contribution in [3.05, 3.63) is 30.1 Å². The van der Waals surface area contributed by atoms with Gasteiger partial charge >= 0.3 is 0 Å². The molecule has 0 aliphatic carbocycles. The number of hydrogen-bond donors (Lipinski definition) is 0. The van der Waals surface area contributed by atoms with Crippen LogP contribution in [0.15, 0.2) is 24.5 Å². The van der Waals surface area contributed by atoms with Crippen molar-refractivity contribution in [2.45, 2.75) is 13.3 Å². The second kappa shape index (κ2) is 4.60. The van der Waals surface area contributed by atoms with Crippen molar-refractivity contribution in [1.82, 2.24) is 9.88 Å². The smallest absolute Gasteiger partial charge is 0.255 e. The Bertz CT molecular complexity index is 272. The Morgan fingerprint density at radius 3 is 2.92 bits per heavy atom. The van der Waals surface area contributed by atoms with Gasteiger partial charge in [-0.2, -0.15) is 0 Å². The Hall–Kier alpha value is -1.38. The molecule has 0 bridgehead atoms. The van der Waals surface area contributed by atoms with Crippen molar-refractivity contribution in [3.63, 3.8) is 0 Å². The fourth-order valence-electron chi connectivity index (χ4n) is 1.15. The second-order valence-electron chi connectivity index (χ2n) is 2.97. The fraction of sp³-hybridized carbons (Fsp3) is 0.400. The molecule has 1 amide bonds. The van der Waals surface area contributed by atoms with Gasteiger partial charge in [0.05, 0.1) is 5.56 Å². The van der Waals surface area contributed by atoms with Gasteiger partial charge in [-0.3, -0.25) is 9.78 Å². The molecule has 70 valence electrons. The standard InChI is InChI=1S/C10H14N2O/c1-3-7-12(2)10(13)9-5-4-6-11-8-9/h4-6,8H,3,7H2,1-2H3. The van der Waals surface area contributed by atoms with Crippen LogP contribution in [-0.2, 0) is 0 Å². The molecular weight excluding hydrogens is 164 g/mol. The summed E-state index contributed by atoms with van der Waals surface area (Å²) in [5.74, 6) is 0.0370. The molecule has 0 saturated carbocycles. The maximum absolute atomic E-state index is 11.6. The minimum Gasteiger partial charge on any atom is -0.342 e. The molecule has 0 saturated heterocycles. The van der Waals surface area contributed by atoms with Crippen LogP contribution in [0.2, 0.25) is 0 Å². The molecule has 0 spiro atoms. The summed E-state index contributed by atoms with van der Waals surface area (Å²) in [6, 6.07) is 3.55. The molecule has 0 aliphatic rings. The minimum atomic E-state index is 0.0370. The van der Waals surface area contributed by atoms with Gasteiger partial charge in [0.2, 0.25) is 0 Å². The molecule has 3 nitrogen and oxygen atoms in total. The maximum Gasteiger partial charge on any atom is 0.255 e. The average Bonchev–Trinajstić information content (AvgIpc) is 2.18. The van der Waals surface area contributed by atoms with E-state index >= 15 is 0 Å². The predicted octanol–water partition coefficient (Wildman–Crippen LogP) is 1.56. The Morgan fingerprint density at radius 2 is 2.38 bits per heavy atom. The van der Waals surface area contributed by atoms with Crippen LogP contribution in [0.1, 0.15) is 23.7 Å². The van der Waals surface area contributed by atoms with E-state index < -0.39 is 0 Å². The van der Waals surface area contributed by atoms with E-state index in [9.17, 15) is 4.79 Å². The summed E-state index contributed by atoms with van der Waals surface area (Å²) in [7, 11) is 1.80. The molecule has 13 heavy (non-hydrogen) atoms. The van der Waals surface area contributed by atoms with Gasteiger partial charge in [0.25, 0.3) is 5.91 Å². The lowest BCUT2D eigenvalue weighted by atomic mass is 10.2. The number of rotatable bonds is 3. The van der Waals surface area contributed by atoms with E-state index in [4.69, 9.17) is 0 Å². The first-order valence-electron chi connectivity index (χ1n) is 4.41. The molecule has 1 heterocycles. The quantitative estimate of drug-likeness (QED) is 0.703. The van der Waals surface area contributed by atoms with Gasteiger partial charge in [-0.15, -0.1) is 0 Å². The van der Waals surface area contributed by atoms with E-state index in [1.165, 1.54) is 0 Å². The van der Waals surface area contributed by atoms with E-state index in [0.717, 1.165) is 13.0 Å². The highest BCUT2D eigenvalue weighted by molar-refractivity contribution is 5.93. The van der Waals surface area contributed by atoms with Crippen molar-refractivity contribution in [2.75, 3.05) is 13.6 Å². The van der Waals surface area contributed by atoms with Gasteiger partial charge in [0.15, 0.2) is 0 Å². The Balaban J connectivity index is 2.68. The highest BCUT2D eigenvalue weighted by atomic mass is 16.2. The van der Waals surface area contributed by atoms with Crippen molar-refractivity contribution >= 4 is 5.91 Å². The first-order valence-corrected chi connectivity index (χ1v) is 4.41. The van der Waals surface area contributed by atoms with Crippen LogP contribution in [-0.4, -0.2) is 29.4 Å². The van der Waals surface area contributed by atoms with Crippen LogP contribution in [0, 0.1) is 0 Å². The van der Waals surface area contributed by atoms with Crippen molar-refractivity contribution < 1.29 is 4.79 Å². The maximum atomic E-state index is 11.6. The van der Waals surface area contributed by atoms with Crippen LogP contribution in [0.5, 0.6) is 0 Å². The topological polar surface area (TPSA) is 33.2 Å². The zero-order chi connectivity index (χ0) is 9.68. The van der Waals surface area contributed by atoms with Crippen LogP contribution in [0.25, 0.3) is 0 Å². The van der Waals surface area contributed by atoms with Crippen LogP contribution >= 0.6 is 0 Å². The molecule has 0 atom stereocenters. The molecule has 0 unspecified atom stereocenters. The Kier molecular flexibility index (Phi) is 3.43. The first-order chi connectivity index (χ1) is 6.25. The number of aromatic nitrogens is 1. The number of hydrogen-bond acceptors (Lipinski definition) is 2. The molecule has 1 rings (SSSR count). The third-order valence-corrected chi connectivity index (χ3v) is 1.81. The number of carbonyl (C=O) groups is 1.